The van der Waals surface area contributed by atoms with Crippen LogP contribution in [0.1, 0.15) is 92.9 Å². The highest BCUT2D eigenvalue weighted by molar-refractivity contribution is 4.86. The largest absolute Gasteiger partial charge is 0.0683 e. The second kappa shape index (κ2) is 10.9. The molecule has 4 unspecified atom stereocenters. The molecule has 0 amide bonds. The van der Waals surface area contributed by atoms with Crippen LogP contribution in [0.25, 0.3) is 0 Å². The van der Waals surface area contributed by atoms with E-state index in [1.54, 1.807) is 25.7 Å². The van der Waals surface area contributed by atoms with Crippen LogP contribution in [0.3, 0.4) is 0 Å². The van der Waals surface area contributed by atoms with Crippen molar-refractivity contribution >= 4 is 0 Å². The fraction of sp³-hybridized carbons (Fsp3) is 1.00. The first-order chi connectivity index (χ1) is 8.85. The van der Waals surface area contributed by atoms with Crippen LogP contribution >= 0.6 is 0 Å². The molecule has 18 heavy (non-hydrogen) atoms. The maximum atomic E-state index is 2.40. The van der Waals surface area contributed by atoms with Gasteiger partial charge in [-0.05, 0) is 36.5 Å². The number of hydrogen-bond acceptors (Lipinski definition) is 0. The van der Waals surface area contributed by atoms with Gasteiger partial charge < -0.3 is 0 Å². The van der Waals surface area contributed by atoms with Crippen molar-refractivity contribution in [3.05, 3.63) is 0 Å². The third-order valence-electron chi connectivity index (χ3n) is 4.99. The first-order valence-electron chi connectivity index (χ1n) is 8.85. The van der Waals surface area contributed by atoms with E-state index < -0.39 is 0 Å². The van der Waals surface area contributed by atoms with Crippen LogP contribution in [-0.4, -0.2) is 0 Å². The second-order valence-electron chi connectivity index (χ2n) is 5.61. The number of fused-ring (bicyclic) bond motifs is 1. The summed E-state index contributed by atoms with van der Waals surface area (Å²) < 4.78 is 0. The van der Waals surface area contributed by atoms with Crippen molar-refractivity contribution in [1.29, 1.82) is 0 Å². The van der Waals surface area contributed by atoms with E-state index in [1.807, 2.05) is 27.7 Å². The summed E-state index contributed by atoms with van der Waals surface area (Å²) in [5.41, 5.74) is 0. The number of rotatable bonds is 2. The van der Waals surface area contributed by atoms with E-state index in [0.29, 0.717) is 0 Å². The second-order valence-corrected chi connectivity index (χ2v) is 5.61. The van der Waals surface area contributed by atoms with E-state index in [-0.39, 0.29) is 0 Å². The topological polar surface area (TPSA) is 0 Å². The van der Waals surface area contributed by atoms with Crippen LogP contribution in [0.15, 0.2) is 0 Å². The maximum absolute atomic E-state index is 2.40. The monoisotopic (exact) mass is 254 g/mol. The summed E-state index contributed by atoms with van der Waals surface area (Å²) in [6, 6.07) is 0. The smallest absolute Gasteiger partial charge is 0.0383 e. The molecule has 110 valence electrons. The SMILES string of the molecule is CC.CC.CCC1CC2CCCCC2CC1CC. The molecule has 0 heteroatoms. The van der Waals surface area contributed by atoms with Crippen molar-refractivity contribution in [3.8, 4) is 0 Å². The summed E-state index contributed by atoms with van der Waals surface area (Å²) in [5, 5.41) is 0. The Bertz CT molecular complexity index is 149. The average molecular weight is 255 g/mol. The van der Waals surface area contributed by atoms with Crippen molar-refractivity contribution in [2.24, 2.45) is 23.7 Å². The minimum Gasteiger partial charge on any atom is -0.0683 e. The van der Waals surface area contributed by atoms with Gasteiger partial charge in [0.15, 0.2) is 0 Å². The Kier molecular flexibility index (Phi) is 10.9. The summed E-state index contributed by atoms with van der Waals surface area (Å²) in [6.07, 6.45) is 12.2. The molecule has 0 radical (unpaired) electrons. The zero-order valence-corrected chi connectivity index (χ0v) is 14.0. The van der Waals surface area contributed by atoms with E-state index in [9.17, 15) is 0 Å². The molecule has 0 N–H and O–H groups in total. The molecule has 0 aromatic heterocycles. The molecule has 0 bridgehead atoms. The summed E-state index contributed by atoms with van der Waals surface area (Å²) in [4.78, 5) is 0. The van der Waals surface area contributed by atoms with Gasteiger partial charge in [0.2, 0.25) is 0 Å². The highest BCUT2D eigenvalue weighted by Gasteiger charge is 2.36. The zero-order chi connectivity index (χ0) is 14.0. The van der Waals surface area contributed by atoms with Crippen molar-refractivity contribution in [2.75, 3.05) is 0 Å². The predicted molar refractivity (Wildman–Crippen MR) is 84.9 cm³/mol. The van der Waals surface area contributed by atoms with Crippen LogP contribution in [0.4, 0.5) is 0 Å². The molecular formula is C18H38. The predicted octanol–water partition coefficient (Wildman–Crippen LogP) is 6.69. The van der Waals surface area contributed by atoms with Crippen LogP contribution in [0, 0.1) is 23.7 Å². The van der Waals surface area contributed by atoms with Gasteiger partial charge in [-0.15, -0.1) is 0 Å². The highest BCUT2D eigenvalue weighted by Crippen LogP contribution is 2.47. The summed E-state index contributed by atoms with van der Waals surface area (Å²) in [7, 11) is 0. The zero-order valence-electron chi connectivity index (χ0n) is 14.0. The van der Waals surface area contributed by atoms with E-state index in [2.05, 4.69) is 13.8 Å². The Morgan fingerprint density at radius 2 is 1.00 bits per heavy atom. The van der Waals surface area contributed by atoms with Crippen molar-refractivity contribution in [3.63, 3.8) is 0 Å². The molecular weight excluding hydrogens is 216 g/mol. The Labute approximate surface area is 117 Å². The van der Waals surface area contributed by atoms with Gasteiger partial charge in [0, 0.05) is 0 Å². The lowest BCUT2D eigenvalue weighted by molar-refractivity contribution is 0.0734. The third kappa shape index (κ3) is 4.94. The van der Waals surface area contributed by atoms with Gasteiger partial charge >= 0.3 is 0 Å². The minimum atomic E-state index is 1.07. The van der Waals surface area contributed by atoms with Gasteiger partial charge in [0.1, 0.15) is 0 Å². The van der Waals surface area contributed by atoms with Gasteiger partial charge in [0.05, 0.1) is 0 Å². The maximum Gasteiger partial charge on any atom is -0.0383 e. The first-order valence-corrected chi connectivity index (χ1v) is 8.85. The Hall–Kier alpha value is 0. The fourth-order valence-electron chi connectivity index (χ4n) is 4.07. The fourth-order valence-corrected chi connectivity index (χ4v) is 4.07. The molecule has 0 aromatic rings. The van der Waals surface area contributed by atoms with Gasteiger partial charge in [0.25, 0.3) is 0 Å². The number of hydrogen-bond donors (Lipinski definition) is 0. The van der Waals surface area contributed by atoms with Crippen molar-refractivity contribution < 1.29 is 0 Å². The van der Waals surface area contributed by atoms with Crippen LogP contribution in [0.5, 0.6) is 0 Å². The first kappa shape index (κ1) is 18.0. The van der Waals surface area contributed by atoms with E-state index in [1.165, 1.54) is 25.7 Å². The summed E-state index contributed by atoms with van der Waals surface area (Å²) in [5.74, 6) is 4.38. The van der Waals surface area contributed by atoms with Gasteiger partial charge in [-0.2, -0.15) is 0 Å². The molecule has 2 aliphatic carbocycles. The molecule has 0 saturated heterocycles. The molecule has 0 aromatic carbocycles. The third-order valence-corrected chi connectivity index (χ3v) is 4.99. The van der Waals surface area contributed by atoms with Crippen molar-refractivity contribution in [2.45, 2.75) is 92.9 Å². The normalized spacial score (nSPS) is 34.3. The standard InChI is InChI=1S/C14H26.2C2H6/c1-3-11-9-13-7-5-6-8-14(13)10-12(11)4-2;2*1-2/h11-14H,3-10H2,1-2H3;2*1-2H3. The lowest BCUT2D eigenvalue weighted by atomic mass is 9.62. The molecule has 2 fully saturated rings. The van der Waals surface area contributed by atoms with E-state index in [0.717, 1.165) is 23.7 Å². The van der Waals surface area contributed by atoms with Gasteiger partial charge in [-0.3, -0.25) is 0 Å². The molecule has 2 saturated carbocycles. The quantitative estimate of drug-likeness (QED) is 0.515. The van der Waals surface area contributed by atoms with E-state index in [4.69, 9.17) is 0 Å². The van der Waals surface area contributed by atoms with Crippen LogP contribution < -0.4 is 0 Å². The molecule has 2 aliphatic rings. The van der Waals surface area contributed by atoms with E-state index >= 15 is 0 Å². The lowest BCUT2D eigenvalue weighted by Crippen LogP contribution is -2.33. The summed E-state index contributed by atoms with van der Waals surface area (Å²) >= 11 is 0. The summed E-state index contributed by atoms with van der Waals surface area (Å²) in [6.45, 7) is 12.8. The highest BCUT2D eigenvalue weighted by atomic mass is 14.4. The van der Waals surface area contributed by atoms with Crippen molar-refractivity contribution in [1.82, 2.24) is 0 Å². The molecule has 0 heterocycles. The van der Waals surface area contributed by atoms with Gasteiger partial charge in [-0.25, -0.2) is 0 Å². The lowest BCUT2D eigenvalue weighted by Gasteiger charge is -2.43. The molecule has 2 rings (SSSR count). The minimum absolute atomic E-state index is 1.07. The Morgan fingerprint density at radius 1 is 0.667 bits per heavy atom. The Balaban J connectivity index is 0.000000659. The molecule has 0 aliphatic heterocycles. The molecule has 4 atom stereocenters. The molecule has 0 spiro atoms. The van der Waals surface area contributed by atoms with Gasteiger partial charge in [-0.1, -0.05) is 80.1 Å². The van der Waals surface area contributed by atoms with Crippen LogP contribution in [0.2, 0.25) is 0 Å². The Morgan fingerprint density at radius 3 is 1.28 bits per heavy atom. The molecule has 0 nitrogen and oxygen atoms in total. The van der Waals surface area contributed by atoms with Crippen LogP contribution in [-0.2, 0) is 0 Å². The average Bonchev–Trinajstić information content (AvgIpc) is 2.49.